The number of hydrogen-bond donors (Lipinski definition) is 0. The largest absolute Gasteiger partial charge is 0.493 e. The van der Waals surface area contributed by atoms with E-state index in [2.05, 4.69) is 0 Å². The highest BCUT2D eigenvalue weighted by Gasteiger charge is 2.40. The molecule has 0 amide bonds. The van der Waals surface area contributed by atoms with Crippen LogP contribution in [0.5, 0.6) is 5.75 Å². The predicted octanol–water partition coefficient (Wildman–Crippen LogP) is 5.75. The number of ether oxygens (including phenoxy) is 2. The van der Waals surface area contributed by atoms with E-state index in [0.29, 0.717) is 30.4 Å². The number of carbonyl (C=O) groups excluding carboxylic acids is 1. The third-order valence-electron chi connectivity index (χ3n) is 4.71. The molecule has 0 spiro atoms. The van der Waals surface area contributed by atoms with Crippen molar-refractivity contribution in [1.29, 1.82) is 0 Å². The molecule has 1 fully saturated rings. The zero-order chi connectivity index (χ0) is 20.1. The van der Waals surface area contributed by atoms with Crippen molar-refractivity contribution in [3.05, 3.63) is 59.1 Å². The van der Waals surface area contributed by atoms with E-state index in [-0.39, 0.29) is 34.7 Å². The van der Waals surface area contributed by atoms with E-state index in [1.807, 2.05) is 0 Å². The maximum absolute atomic E-state index is 13.3. The van der Waals surface area contributed by atoms with Crippen LogP contribution in [-0.2, 0) is 9.53 Å². The molecule has 2 aromatic rings. The highest BCUT2D eigenvalue weighted by atomic mass is 35.5. The van der Waals surface area contributed by atoms with E-state index >= 15 is 0 Å². The Morgan fingerprint density at radius 1 is 1.14 bits per heavy atom. The lowest BCUT2D eigenvalue weighted by Crippen LogP contribution is -2.25. The second-order valence-corrected chi connectivity index (χ2v) is 8.42. The number of halogens is 3. The molecule has 0 N–H and O–H groups in total. The number of rotatable bonds is 7. The van der Waals surface area contributed by atoms with Crippen molar-refractivity contribution >= 4 is 29.3 Å². The van der Waals surface area contributed by atoms with Crippen LogP contribution < -0.4 is 4.74 Å². The Hall–Kier alpha value is -1.79. The first kappa shape index (κ1) is 20.9. The van der Waals surface area contributed by atoms with Gasteiger partial charge in [0.05, 0.1) is 24.2 Å². The summed E-state index contributed by atoms with van der Waals surface area (Å²) in [5, 5.41) is 0.503. The summed E-state index contributed by atoms with van der Waals surface area (Å²) in [5.41, 5.74) is 0. The van der Waals surface area contributed by atoms with Crippen molar-refractivity contribution in [3.63, 3.8) is 0 Å². The molecular formula is C21H21ClF2O3S. The van der Waals surface area contributed by atoms with Gasteiger partial charge in [0.15, 0.2) is 0 Å². The lowest BCUT2D eigenvalue weighted by molar-refractivity contribution is -0.149. The van der Waals surface area contributed by atoms with Gasteiger partial charge in [-0.05, 0) is 62.2 Å². The molecule has 0 aliphatic heterocycles. The van der Waals surface area contributed by atoms with Crippen LogP contribution in [0, 0.1) is 23.5 Å². The van der Waals surface area contributed by atoms with Gasteiger partial charge in [-0.2, -0.15) is 0 Å². The van der Waals surface area contributed by atoms with Crippen molar-refractivity contribution in [3.8, 4) is 5.75 Å². The van der Waals surface area contributed by atoms with E-state index in [1.165, 1.54) is 24.3 Å². The molecule has 3 rings (SSSR count). The number of carbonyl (C=O) groups is 1. The molecule has 1 saturated carbocycles. The van der Waals surface area contributed by atoms with Crippen molar-refractivity contribution in [2.24, 2.45) is 11.8 Å². The highest BCUT2D eigenvalue weighted by Crippen LogP contribution is 2.44. The van der Waals surface area contributed by atoms with E-state index in [1.54, 1.807) is 36.9 Å². The Balaban J connectivity index is 1.67. The topological polar surface area (TPSA) is 35.5 Å². The first-order valence-corrected chi connectivity index (χ1v) is 10.4. The van der Waals surface area contributed by atoms with Gasteiger partial charge in [0, 0.05) is 16.1 Å². The van der Waals surface area contributed by atoms with Crippen LogP contribution in [0.2, 0.25) is 5.02 Å². The minimum Gasteiger partial charge on any atom is -0.493 e. The minimum absolute atomic E-state index is 0.0270. The molecule has 0 saturated heterocycles. The molecule has 150 valence electrons. The Labute approximate surface area is 172 Å². The van der Waals surface area contributed by atoms with Gasteiger partial charge in [0.25, 0.3) is 0 Å². The van der Waals surface area contributed by atoms with Crippen LogP contribution in [0.1, 0.15) is 19.8 Å². The molecule has 3 atom stereocenters. The number of benzene rings is 2. The molecular weight excluding hydrogens is 406 g/mol. The maximum Gasteiger partial charge on any atom is 0.309 e. The number of hydrogen-bond acceptors (Lipinski definition) is 4. The summed E-state index contributed by atoms with van der Waals surface area (Å²) in [6.07, 6.45) is 1.37. The molecule has 0 heterocycles. The van der Waals surface area contributed by atoms with Crippen molar-refractivity contribution in [1.82, 2.24) is 0 Å². The zero-order valence-electron chi connectivity index (χ0n) is 15.4. The Bertz CT molecular complexity index is 816. The fraction of sp³-hybridized carbons (Fsp3) is 0.381. The lowest BCUT2D eigenvalue weighted by atomic mass is 9.97. The van der Waals surface area contributed by atoms with Crippen molar-refractivity contribution in [2.75, 3.05) is 13.2 Å². The van der Waals surface area contributed by atoms with Gasteiger partial charge in [0.2, 0.25) is 0 Å². The second-order valence-electron chi connectivity index (χ2n) is 6.67. The van der Waals surface area contributed by atoms with E-state index in [4.69, 9.17) is 21.1 Å². The zero-order valence-corrected chi connectivity index (χ0v) is 16.9. The average Bonchev–Trinajstić information content (AvgIpc) is 3.07. The van der Waals surface area contributed by atoms with E-state index < -0.39 is 0 Å². The summed E-state index contributed by atoms with van der Waals surface area (Å²) >= 11 is 7.68. The van der Waals surface area contributed by atoms with Gasteiger partial charge in [-0.25, -0.2) is 8.78 Å². The van der Waals surface area contributed by atoms with Crippen molar-refractivity contribution in [2.45, 2.75) is 29.9 Å². The normalized spacial score (nSPS) is 21.5. The molecule has 0 radical (unpaired) electrons. The summed E-state index contributed by atoms with van der Waals surface area (Å²) in [7, 11) is 0. The molecule has 1 aliphatic carbocycles. The van der Waals surface area contributed by atoms with Crippen LogP contribution in [0.15, 0.2) is 47.4 Å². The van der Waals surface area contributed by atoms with Gasteiger partial charge in [-0.1, -0.05) is 11.6 Å². The van der Waals surface area contributed by atoms with Gasteiger partial charge in [0.1, 0.15) is 17.4 Å². The first-order valence-electron chi connectivity index (χ1n) is 9.13. The van der Waals surface area contributed by atoms with Crippen LogP contribution in [0.4, 0.5) is 8.78 Å². The summed E-state index contributed by atoms with van der Waals surface area (Å²) < 4.78 is 37.3. The summed E-state index contributed by atoms with van der Waals surface area (Å²) in [6, 6.07) is 10.1. The Morgan fingerprint density at radius 3 is 2.54 bits per heavy atom. The molecule has 28 heavy (non-hydrogen) atoms. The summed E-state index contributed by atoms with van der Waals surface area (Å²) in [4.78, 5) is 13.2. The Kier molecular flexibility index (Phi) is 7.18. The Morgan fingerprint density at radius 2 is 1.86 bits per heavy atom. The van der Waals surface area contributed by atoms with Crippen LogP contribution in [-0.4, -0.2) is 24.4 Å². The van der Waals surface area contributed by atoms with E-state index in [9.17, 15) is 13.6 Å². The second kappa shape index (κ2) is 9.61. The van der Waals surface area contributed by atoms with Gasteiger partial charge in [-0.3, -0.25) is 4.79 Å². The third kappa shape index (κ3) is 5.39. The molecule has 2 aromatic carbocycles. The van der Waals surface area contributed by atoms with Gasteiger partial charge in [-0.15, -0.1) is 11.8 Å². The maximum atomic E-state index is 13.3. The first-order chi connectivity index (χ1) is 13.5. The fourth-order valence-corrected chi connectivity index (χ4v) is 5.00. The average molecular weight is 427 g/mol. The molecule has 1 unspecified atom stereocenters. The highest BCUT2D eigenvalue weighted by molar-refractivity contribution is 8.00. The monoisotopic (exact) mass is 426 g/mol. The fourth-order valence-electron chi connectivity index (χ4n) is 3.38. The quantitative estimate of drug-likeness (QED) is 0.528. The summed E-state index contributed by atoms with van der Waals surface area (Å²) in [6.45, 7) is 2.44. The van der Waals surface area contributed by atoms with Gasteiger partial charge < -0.3 is 9.47 Å². The van der Waals surface area contributed by atoms with Crippen LogP contribution in [0.3, 0.4) is 0 Å². The lowest BCUT2D eigenvalue weighted by Gasteiger charge is -2.18. The minimum atomic E-state index is -0.379. The number of thioether (sulfide) groups is 1. The molecule has 1 aliphatic rings. The van der Waals surface area contributed by atoms with E-state index in [0.717, 1.165) is 11.3 Å². The number of esters is 1. The van der Waals surface area contributed by atoms with Crippen LogP contribution >= 0.6 is 23.4 Å². The standard InChI is InChI=1S/C21H21ClF2O3S/c1-2-26-21(25)18-11-17(28-20-8-5-15(24)10-19(20)22)9-13(18)12-27-16-6-3-14(23)4-7-16/h3-8,10,13,17-18H,2,9,11-12H2,1H3/t13-,17?,18+/m0/s1. The van der Waals surface area contributed by atoms with Gasteiger partial charge >= 0.3 is 5.97 Å². The molecule has 0 aromatic heterocycles. The predicted molar refractivity (Wildman–Crippen MR) is 106 cm³/mol. The third-order valence-corrected chi connectivity index (χ3v) is 6.46. The molecule has 3 nitrogen and oxygen atoms in total. The van der Waals surface area contributed by atoms with Crippen LogP contribution in [0.25, 0.3) is 0 Å². The summed E-state index contributed by atoms with van der Waals surface area (Å²) in [5.74, 6) is -0.691. The molecule has 7 heteroatoms. The smallest absolute Gasteiger partial charge is 0.309 e. The van der Waals surface area contributed by atoms with Crippen molar-refractivity contribution < 1.29 is 23.0 Å². The SMILES string of the molecule is CCOC(=O)[C@@H]1CC(Sc2ccc(F)cc2Cl)C[C@H]1COc1ccc(F)cc1. The molecule has 0 bridgehead atoms.